The highest BCUT2D eigenvalue weighted by molar-refractivity contribution is 7.30. The van der Waals surface area contributed by atoms with E-state index in [-0.39, 0.29) is 35.4 Å². The van der Waals surface area contributed by atoms with Crippen LogP contribution in [-0.2, 0) is 18.6 Å². The minimum Gasteiger partial charge on any atom is -0.399 e. The molecule has 1 aromatic rings. The fourth-order valence-electron chi connectivity index (χ4n) is 3.82. The highest BCUT2D eigenvalue weighted by Gasteiger charge is 2.56. The van der Waals surface area contributed by atoms with Gasteiger partial charge in [0.1, 0.15) is 0 Å². The molecule has 0 bridgehead atoms. The highest BCUT2D eigenvalue weighted by Crippen LogP contribution is 2.40. The van der Waals surface area contributed by atoms with Gasteiger partial charge in [-0.25, -0.2) is 0 Å². The molecule has 2 fully saturated rings. The molecular weight excluding hydrogens is 382 g/mol. The Kier molecular flexibility index (Phi) is 5.76. The van der Waals surface area contributed by atoms with Gasteiger partial charge < -0.3 is 18.6 Å². The van der Waals surface area contributed by atoms with E-state index in [0.717, 1.165) is 16.0 Å². The van der Waals surface area contributed by atoms with Gasteiger partial charge in [0.15, 0.2) is 0 Å². The third-order valence-corrected chi connectivity index (χ3v) is 8.64. The summed E-state index contributed by atoms with van der Waals surface area (Å²) in [5.41, 5.74) is 0.934. The fourth-order valence-corrected chi connectivity index (χ4v) is 5.12. The third-order valence-electron chi connectivity index (χ3n) is 7.29. The molecule has 0 amide bonds. The Hall–Kier alpha value is -0.590. The molecule has 7 heteroatoms. The van der Waals surface area contributed by atoms with E-state index in [1.807, 2.05) is 6.08 Å². The van der Waals surface area contributed by atoms with E-state index in [4.69, 9.17) is 18.6 Å². The van der Waals surface area contributed by atoms with E-state index in [0.29, 0.717) is 0 Å². The lowest BCUT2D eigenvalue weighted by atomic mass is 9.76. The van der Waals surface area contributed by atoms with Crippen molar-refractivity contribution in [2.75, 3.05) is 0 Å². The molecule has 1 aromatic heterocycles. The van der Waals surface area contributed by atoms with E-state index in [2.05, 4.69) is 75.8 Å². The average molecular weight is 418 g/mol. The van der Waals surface area contributed by atoms with Gasteiger partial charge >= 0.3 is 14.2 Å². The predicted octanol–water partition coefficient (Wildman–Crippen LogP) is 4.33. The van der Waals surface area contributed by atoms with Crippen LogP contribution in [0.4, 0.5) is 0 Å². The highest BCUT2D eigenvalue weighted by atomic mass is 32.1. The summed E-state index contributed by atoms with van der Waals surface area (Å²) in [6.45, 7) is 25.1. The number of allylic oxidation sites excluding steroid dienone is 1. The molecule has 3 heterocycles. The summed E-state index contributed by atoms with van der Waals surface area (Å²) in [6.07, 6.45) is 2.99. The van der Waals surface area contributed by atoms with E-state index in [1.165, 1.54) is 11.1 Å². The van der Waals surface area contributed by atoms with E-state index >= 15 is 0 Å². The summed E-state index contributed by atoms with van der Waals surface area (Å²) in [6, 6.07) is 0. The van der Waals surface area contributed by atoms with Crippen molar-refractivity contribution in [3.8, 4) is 0 Å². The standard InChI is InChI=1S/C22H36B2O4S/c1-12-15(13-2)16-14(3)17(23-25-19(4,5)20(6,7)26-23)29-18(16)24-27-21(8,9)22(10,11)28-24/h12,15H,1,13H2,2-11H3. The molecule has 0 radical (unpaired) electrons. The van der Waals surface area contributed by atoms with Crippen LogP contribution < -0.4 is 9.55 Å². The van der Waals surface area contributed by atoms with Crippen molar-refractivity contribution in [3.05, 3.63) is 23.8 Å². The fraction of sp³-hybridized carbons (Fsp3) is 0.727. The zero-order valence-electron chi connectivity index (χ0n) is 19.8. The maximum Gasteiger partial charge on any atom is 0.505 e. The Morgan fingerprint density at radius 2 is 1.21 bits per heavy atom. The first-order valence-corrected chi connectivity index (χ1v) is 11.5. The van der Waals surface area contributed by atoms with Crippen LogP contribution in [0.2, 0.25) is 0 Å². The molecule has 0 N–H and O–H groups in total. The second-order valence-corrected chi connectivity index (χ2v) is 11.4. The Labute approximate surface area is 181 Å². The Balaban J connectivity index is 2.08. The van der Waals surface area contributed by atoms with Gasteiger partial charge in [-0.05, 0) is 79.9 Å². The topological polar surface area (TPSA) is 36.9 Å². The number of rotatable bonds is 5. The van der Waals surface area contributed by atoms with E-state index in [1.54, 1.807) is 11.3 Å². The minimum atomic E-state index is -0.399. The maximum atomic E-state index is 6.42. The van der Waals surface area contributed by atoms with Crippen molar-refractivity contribution in [1.29, 1.82) is 0 Å². The lowest BCUT2D eigenvalue weighted by molar-refractivity contribution is 0.00578. The van der Waals surface area contributed by atoms with Crippen molar-refractivity contribution in [2.45, 2.75) is 104 Å². The van der Waals surface area contributed by atoms with Crippen molar-refractivity contribution in [1.82, 2.24) is 0 Å². The van der Waals surface area contributed by atoms with Gasteiger partial charge in [0.2, 0.25) is 0 Å². The van der Waals surface area contributed by atoms with Crippen LogP contribution in [-0.4, -0.2) is 36.6 Å². The molecule has 2 aliphatic rings. The van der Waals surface area contributed by atoms with Crippen molar-refractivity contribution in [2.24, 2.45) is 0 Å². The smallest absolute Gasteiger partial charge is 0.399 e. The van der Waals surface area contributed by atoms with Gasteiger partial charge in [0.25, 0.3) is 0 Å². The SMILES string of the molecule is C=CC(CC)c1c(B2OC(C)(C)C(C)(C)O2)sc(B2OC(C)(C)C(C)(C)O2)c1C. The van der Waals surface area contributed by atoms with Gasteiger partial charge in [-0.1, -0.05) is 13.0 Å². The second kappa shape index (κ2) is 7.23. The zero-order valence-corrected chi connectivity index (χ0v) is 20.6. The van der Waals surface area contributed by atoms with Crippen molar-refractivity contribution in [3.63, 3.8) is 0 Å². The molecule has 0 aromatic carbocycles. The largest absolute Gasteiger partial charge is 0.505 e. The molecule has 160 valence electrons. The van der Waals surface area contributed by atoms with Gasteiger partial charge in [-0.2, -0.15) is 11.3 Å². The molecule has 3 rings (SSSR count). The second-order valence-electron chi connectivity index (χ2n) is 10.3. The number of hydrogen-bond acceptors (Lipinski definition) is 5. The van der Waals surface area contributed by atoms with Crippen LogP contribution in [0.15, 0.2) is 12.7 Å². The first-order chi connectivity index (χ1) is 13.2. The predicted molar refractivity (Wildman–Crippen MR) is 124 cm³/mol. The van der Waals surface area contributed by atoms with Gasteiger partial charge in [0.05, 0.1) is 22.4 Å². The average Bonchev–Trinajstić information content (AvgIpc) is 3.09. The molecular formula is C22H36B2O4S. The Bertz CT molecular complexity index is 765. The monoisotopic (exact) mass is 418 g/mol. The lowest BCUT2D eigenvalue weighted by Gasteiger charge is -2.32. The maximum absolute atomic E-state index is 6.42. The summed E-state index contributed by atoms with van der Waals surface area (Å²) in [4.78, 5) is 0. The molecule has 0 spiro atoms. The summed E-state index contributed by atoms with van der Waals surface area (Å²) in [5, 5.41) is 0. The first kappa shape index (κ1) is 23.1. The van der Waals surface area contributed by atoms with Gasteiger partial charge in [0, 0.05) is 15.5 Å². The van der Waals surface area contributed by atoms with Crippen molar-refractivity contribution < 1.29 is 18.6 Å². The zero-order chi connectivity index (χ0) is 22.0. The third kappa shape index (κ3) is 3.67. The summed E-state index contributed by atoms with van der Waals surface area (Å²) >= 11 is 1.69. The first-order valence-electron chi connectivity index (χ1n) is 10.6. The van der Waals surface area contributed by atoms with Gasteiger partial charge in [-0.3, -0.25) is 0 Å². The summed E-state index contributed by atoms with van der Waals surface area (Å²) in [5.74, 6) is 0.233. The number of hydrogen-bond donors (Lipinski definition) is 0. The molecule has 2 saturated heterocycles. The normalized spacial score (nSPS) is 25.4. The van der Waals surface area contributed by atoms with Crippen LogP contribution in [0.3, 0.4) is 0 Å². The van der Waals surface area contributed by atoms with E-state index < -0.39 is 7.12 Å². The summed E-state index contributed by atoms with van der Waals surface area (Å²) < 4.78 is 27.8. The molecule has 0 aliphatic carbocycles. The minimum absolute atomic E-state index is 0.233. The number of thiophene rings is 1. The molecule has 1 atom stereocenters. The van der Waals surface area contributed by atoms with Crippen LogP contribution in [0.25, 0.3) is 0 Å². The molecule has 4 nitrogen and oxygen atoms in total. The van der Waals surface area contributed by atoms with Crippen LogP contribution in [0, 0.1) is 6.92 Å². The Morgan fingerprint density at radius 3 is 1.55 bits per heavy atom. The summed E-state index contributed by atoms with van der Waals surface area (Å²) in [7, 11) is -0.786. The molecule has 29 heavy (non-hydrogen) atoms. The quantitative estimate of drug-likeness (QED) is 0.527. The van der Waals surface area contributed by atoms with Crippen LogP contribution in [0.5, 0.6) is 0 Å². The van der Waals surface area contributed by atoms with E-state index in [9.17, 15) is 0 Å². The molecule has 2 aliphatic heterocycles. The molecule has 1 unspecified atom stereocenters. The Morgan fingerprint density at radius 1 is 0.828 bits per heavy atom. The van der Waals surface area contributed by atoms with Gasteiger partial charge in [-0.15, -0.1) is 6.58 Å². The lowest BCUT2D eigenvalue weighted by Crippen LogP contribution is -2.41. The van der Waals surface area contributed by atoms with Crippen LogP contribution in [0.1, 0.15) is 85.8 Å². The molecule has 0 saturated carbocycles. The van der Waals surface area contributed by atoms with Crippen molar-refractivity contribution >= 4 is 35.1 Å². The van der Waals surface area contributed by atoms with Crippen LogP contribution >= 0.6 is 11.3 Å².